The van der Waals surface area contributed by atoms with Crippen LogP contribution in [0, 0.1) is 29.1 Å². The lowest BCUT2D eigenvalue weighted by Gasteiger charge is -2.09. The first kappa shape index (κ1) is 22.7. The van der Waals surface area contributed by atoms with Crippen molar-refractivity contribution < 1.29 is 26.7 Å². The molecule has 0 fully saturated rings. The van der Waals surface area contributed by atoms with Crippen molar-refractivity contribution in [1.82, 2.24) is 0 Å². The number of ketones is 1. The second-order valence-corrected chi connectivity index (χ2v) is 7.44. The summed E-state index contributed by atoms with van der Waals surface area (Å²) >= 11 is 0. The number of hydrogen-bond acceptors (Lipinski definition) is 1. The van der Waals surface area contributed by atoms with E-state index in [9.17, 15) is 26.7 Å². The first-order valence-corrected chi connectivity index (χ1v) is 10.0. The van der Waals surface area contributed by atoms with Crippen molar-refractivity contribution >= 4 is 5.78 Å². The van der Waals surface area contributed by atoms with Crippen LogP contribution in [-0.2, 0) is 12.8 Å². The Bertz CT molecular complexity index is 1040. The molecule has 0 saturated carbocycles. The lowest BCUT2D eigenvalue weighted by molar-refractivity contribution is 0.0985. The Hall–Kier alpha value is -3.02. The highest BCUT2D eigenvalue weighted by Crippen LogP contribution is 2.26. The zero-order valence-electron chi connectivity index (χ0n) is 17.0. The summed E-state index contributed by atoms with van der Waals surface area (Å²) in [7, 11) is 0. The molecule has 0 aliphatic heterocycles. The van der Waals surface area contributed by atoms with Crippen LogP contribution in [0.2, 0.25) is 0 Å². The van der Waals surface area contributed by atoms with Gasteiger partial charge >= 0.3 is 0 Å². The van der Waals surface area contributed by atoms with Gasteiger partial charge in [-0.05, 0) is 59.4 Å². The van der Waals surface area contributed by atoms with E-state index in [0.717, 1.165) is 43.4 Å². The van der Waals surface area contributed by atoms with Crippen LogP contribution >= 0.6 is 0 Å². The van der Waals surface area contributed by atoms with Crippen molar-refractivity contribution in [3.63, 3.8) is 0 Å². The predicted octanol–water partition coefficient (Wildman–Crippen LogP) is 7.21. The molecule has 0 saturated heterocycles. The molecule has 0 unspecified atom stereocenters. The first-order chi connectivity index (χ1) is 14.8. The van der Waals surface area contributed by atoms with E-state index in [4.69, 9.17) is 0 Å². The molecule has 1 nitrogen and oxygen atoms in total. The normalized spacial score (nSPS) is 11.0. The predicted molar refractivity (Wildman–Crippen MR) is 109 cm³/mol. The molecule has 3 rings (SSSR count). The van der Waals surface area contributed by atoms with E-state index in [-0.39, 0.29) is 11.1 Å². The summed E-state index contributed by atoms with van der Waals surface area (Å²) in [4.78, 5) is 12.4. The fraction of sp³-hybridized carbons (Fsp3) is 0.240. The minimum absolute atomic E-state index is 0.220. The average molecular weight is 432 g/mol. The third kappa shape index (κ3) is 5.37. The summed E-state index contributed by atoms with van der Waals surface area (Å²) < 4.78 is 68.9. The molecule has 0 aromatic heterocycles. The second-order valence-electron chi connectivity index (χ2n) is 7.44. The monoisotopic (exact) mass is 432 g/mol. The Morgan fingerprint density at radius 3 is 1.84 bits per heavy atom. The molecular weight excluding hydrogens is 411 g/mol. The highest BCUT2D eigenvalue weighted by molar-refractivity contribution is 5.98. The molecular formula is C25H21F5O. The number of unbranched alkanes of at least 4 members (excludes halogenated alkanes) is 2. The van der Waals surface area contributed by atoms with Gasteiger partial charge in [0, 0.05) is 6.42 Å². The smallest absolute Gasteiger partial charge is 0.194 e. The molecule has 0 spiro atoms. The Balaban J connectivity index is 1.81. The zero-order valence-corrected chi connectivity index (χ0v) is 17.0. The summed E-state index contributed by atoms with van der Waals surface area (Å²) in [6.07, 6.45) is 3.57. The number of benzene rings is 3. The van der Waals surface area contributed by atoms with Gasteiger partial charge in [-0.3, -0.25) is 4.79 Å². The topological polar surface area (TPSA) is 17.1 Å². The number of carbonyl (C=O) groups excluding carboxylic acids is 1. The van der Waals surface area contributed by atoms with Gasteiger partial charge in [0.2, 0.25) is 0 Å². The van der Waals surface area contributed by atoms with Gasteiger partial charge in [-0.2, -0.15) is 0 Å². The van der Waals surface area contributed by atoms with Gasteiger partial charge in [0.05, 0.1) is 5.56 Å². The lowest BCUT2D eigenvalue weighted by atomic mass is 9.97. The molecule has 0 amide bonds. The summed E-state index contributed by atoms with van der Waals surface area (Å²) in [5, 5.41) is 0. The van der Waals surface area contributed by atoms with Crippen molar-refractivity contribution in [3.8, 4) is 11.1 Å². The van der Waals surface area contributed by atoms with Crippen molar-refractivity contribution in [2.24, 2.45) is 0 Å². The summed E-state index contributed by atoms with van der Waals surface area (Å²) in [6, 6.07) is 10.7. The Labute approximate surface area is 177 Å². The molecule has 0 aliphatic rings. The standard InChI is InChI=1S/C25H21F5O/c1-2-3-4-5-15-6-8-17(9-7-15)18-13-19(26)24(20(27)14-18)23(31)12-16-10-21(28)25(30)22(29)11-16/h6-11,13-14H,2-5,12H2,1H3. The van der Waals surface area contributed by atoms with Gasteiger partial charge in [-0.1, -0.05) is 44.0 Å². The molecule has 0 aliphatic carbocycles. The van der Waals surface area contributed by atoms with E-state index < -0.39 is 46.9 Å². The SMILES string of the molecule is CCCCCc1ccc(-c2cc(F)c(C(=O)Cc3cc(F)c(F)c(F)c3)c(F)c2)cc1. The van der Waals surface area contributed by atoms with Crippen LogP contribution in [0.5, 0.6) is 0 Å². The molecule has 0 N–H and O–H groups in total. The molecule has 3 aromatic rings. The van der Waals surface area contributed by atoms with Crippen LogP contribution in [0.4, 0.5) is 22.0 Å². The molecule has 3 aromatic carbocycles. The van der Waals surface area contributed by atoms with Gasteiger partial charge in [0.25, 0.3) is 0 Å². The quantitative estimate of drug-likeness (QED) is 0.159. The van der Waals surface area contributed by atoms with Crippen molar-refractivity contribution in [2.75, 3.05) is 0 Å². The maximum absolute atomic E-state index is 14.6. The van der Waals surface area contributed by atoms with Crippen LogP contribution in [0.25, 0.3) is 11.1 Å². The van der Waals surface area contributed by atoms with Gasteiger partial charge in [0.15, 0.2) is 23.2 Å². The first-order valence-electron chi connectivity index (χ1n) is 10.0. The largest absolute Gasteiger partial charge is 0.294 e. The number of carbonyl (C=O) groups is 1. The number of rotatable bonds is 8. The fourth-order valence-electron chi connectivity index (χ4n) is 3.43. The van der Waals surface area contributed by atoms with E-state index in [1.165, 1.54) is 0 Å². The molecule has 162 valence electrons. The van der Waals surface area contributed by atoms with Gasteiger partial charge in [0.1, 0.15) is 11.6 Å². The molecule has 0 bridgehead atoms. The molecule has 6 heteroatoms. The zero-order chi connectivity index (χ0) is 22.5. The summed E-state index contributed by atoms with van der Waals surface area (Å²) in [6.45, 7) is 2.12. The number of halogens is 5. The minimum Gasteiger partial charge on any atom is -0.294 e. The number of hydrogen-bond donors (Lipinski definition) is 0. The number of aryl methyl sites for hydroxylation is 1. The molecule has 0 heterocycles. The van der Waals surface area contributed by atoms with Crippen LogP contribution in [0.1, 0.15) is 47.7 Å². The Morgan fingerprint density at radius 1 is 0.710 bits per heavy atom. The maximum Gasteiger partial charge on any atom is 0.194 e. The summed E-state index contributed by atoms with van der Waals surface area (Å²) in [5.41, 5.74) is 0.973. The van der Waals surface area contributed by atoms with E-state index in [1.807, 2.05) is 12.1 Å². The highest BCUT2D eigenvalue weighted by Gasteiger charge is 2.21. The number of Topliss-reactive ketones (excluding diaryl/α,β-unsaturated/α-hetero) is 1. The van der Waals surface area contributed by atoms with E-state index in [1.54, 1.807) is 12.1 Å². The average Bonchev–Trinajstić information content (AvgIpc) is 2.72. The third-order valence-corrected chi connectivity index (χ3v) is 5.09. The third-order valence-electron chi connectivity index (χ3n) is 5.09. The van der Waals surface area contributed by atoms with Crippen LogP contribution in [0.3, 0.4) is 0 Å². The van der Waals surface area contributed by atoms with Crippen molar-refractivity contribution in [2.45, 2.75) is 39.0 Å². The van der Waals surface area contributed by atoms with Crippen LogP contribution < -0.4 is 0 Å². The molecule has 0 atom stereocenters. The van der Waals surface area contributed by atoms with Gasteiger partial charge < -0.3 is 0 Å². The second kappa shape index (κ2) is 9.86. The van der Waals surface area contributed by atoms with E-state index in [0.29, 0.717) is 17.7 Å². The van der Waals surface area contributed by atoms with Gasteiger partial charge in [-0.15, -0.1) is 0 Å². The summed E-state index contributed by atoms with van der Waals surface area (Å²) in [5.74, 6) is -7.77. The lowest BCUT2D eigenvalue weighted by Crippen LogP contribution is -2.10. The molecule has 0 radical (unpaired) electrons. The van der Waals surface area contributed by atoms with E-state index >= 15 is 0 Å². The van der Waals surface area contributed by atoms with Crippen molar-refractivity contribution in [3.05, 3.63) is 94.3 Å². The Kier molecular flexibility index (Phi) is 7.21. The molecule has 31 heavy (non-hydrogen) atoms. The fourth-order valence-corrected chi connectivity index (χ4v) is 3.43. The van der Waals surface area contributed by atoms with Gasteiger partial charge in [-0.25, -0.2) is 22.0 Å². The maximum atomic E-state index is 14.6. The van der Waals surface area contributed by atoms with E-state index in [2.05, 4.69) is 6.92 Å². The van der Waals surface area contributed by atoms with Crippen molar-refractivity contribution in [1.29, 1.82) is 0 Å². The van der Waals surface area contributed by atoms with Crippen LogP contribution in [-0.4, -0.2) is 5.78 Å². The minimum atomic E-state index is -1.67. The van der Waals surface area contributed by atoms with Crippen LogP contribution in [0.15, 0.2) is 48.5 Å². The highest BCUT2D eigenvalue weighted by atomic mass is 19.2. The Morgan fingerprint density at radius 2 is 1.29 bits per heavy atom.